The zero-order valence-corrected chi connectivity index (χ0v) is 15.1. The molecule has 3 rings (SSSR count). The van der Waals surface area contributed by atoms with Crippen molar-refractivity contribution >= 4 is 29.2 Å². The Morgan fingerprint density at radius 1 is 1.24 bits per heavy atom. The van der Waals surface area contributed by atoms with Gasteiger partial charge in [0.05, 0.1) is 12.7 Å². The first kappa shape index (κ1) is 17.5. The maximum absolute atomic E-state index is 13.0. The van der Waals surface area contributed by atoms with Crippen LogP contribution in [0.3, 0.4) is 0 Å². The fourth-order valence-corrected chi connectivity index (χ4v) is 3.80. The van der Waals surface area contributed by atoms with E-state index in [9.17, 15) is 9.59 Å². The number of esters is 1. The molecule has 2 N–H and O–H groups in total. The number of hydrogen-bond donors (Lipinski definition) is 2. The normalized spacial score (nSPS) is 22.4. The summed E-state index contributed by atoms with van der Waals surface area (Å²) in [4.78, 5) is 25.8. The Balaban J connectivity index is 1.99. The first-order chi connectivity index (χ1) is 12.0. The molecule has 1 amide bonds. The molecule has 1 aromatic rings. The average molecular weight is 361 g/mol. The van der Waals surface area contributed by atoms with Crippen LogP contribution in [0.5, 0.6) is 0 Å². The van der Waals surface area contributed by atoms with Gasteiger partial charge in [-0.25, -0.2) is 0 Å². The Morgan fingerprint density at radius 2 is 1.96 bits per heavy atom. The molecule has 2 aliphatic rings. The highest BCUT2D eigenvalue weighted by molar-refractivity contribution is 6.30. The van der Waals surface area contributed by atoms with Crippen LogP contribution in [0.2, 0.25) is 5.02 Å². The lowest BCUT2D eigenvalue weighted by molar-refractivity contribution is -0.149. The van der Waals surface area contributed by atoms with Crippen molar-refractivity contribution in [1.82, 2.24) is 5.32 Å². The van der Waals surface area contributed by atoms with E-state index in [1.165, 1.54) is 7.11 Å². The fourth-order valence-electron chi connectivity index (χ4n) is 3.67. The van der Waals surface area contributed by atoms with E-state index in [1.807, 2.05) is 13.0 Å². The minimum atomic E-state index is -1.05. The van der Waals surface area contributed by atoms with E-state index >= 15 is 0 Å². The summed E-state index contributed by atoms with van der Waals surface area (Å²) in [6.07, 6.45) is 5.27. The maximum atomic E-state index is 13.0. The van der Waals surface area contributed by atoms with E-state index in [0.717, 1.165) is 25.0 Å². The highest BCUT2D eigenvalue weighted by Gasteiger charge is 2.54. The summed E-state index contributed by atoms with van der Waals surface area (Å²) in [6, 6.07) is 6.87. The molecule has 5 nitrogen and oxygen atoms in total. The maximum Gasteiger partial charge on any atom is 0.322 e. The lowest BCUT2D eigenvalue weighted by Crippen LogP contribution is -2.39. The minimum Gasteiger partial charge on any atom is -0.468 e. The standard InChI is InChI=1S/C19H21ClN2O3/c1-12-16(17(23)22-14-9-7-13(20)8-10-14)19(18(24)25-2)11-5-3-4-6-15(19)21-12/h6-10,21H,3-5,11H2,1-2H3,(H,22,23). The largest absolute Gasteiger partial charge is 0.468 e. The highest BCUT2D eigenvalue weighted by atomic mass is 35.5. The van der Waals surface area contributed by atoms with Crippen LogP contribution in [0.15, 0.2) is 47.3 Å². The van der Waals surface area contributed by atoms with Crippen molar-refractivity contribution in [2.24, 2.45) is 5.41 Å². The van der Waals surface area contributed by atoms with Crippen molar-refractivity contribution in [2.75, 3.05) is 12.4 Å². The molecule has 0 radical (unpaired) electrons. The molecule has 1 aliphatic carbocycles. The van der Waals surface area contributed by atoms with E-state index in [4.69, 9.17) is 16.3 Å². The molecule has 0 fully saturated rings. The van der Waals surface area contributed by atoms with Crippen LogP contribution in [-0.4, -0.2) is 19.0 Å². The van der Waals surface area contributed by atoms with Crippen LogP contribution in [-0.2, 0) is 14.3 Å². The molecular weight excluding hydrogens is 340 g/mol. The van der Waals surface area contributed by atoms with Crippen LogP contribution < -0.4 is 10.6 Å². The third-order valence-electron chi connectivity index (χ3n) is 4.80. The molecule has 0 aromatic heterocycles. The Hall–Kier alpha value is -2.27. The number of anilines is 1. The van der Waals surface area contributed by atoms with Crippen molar-refractivity contribution in [3.05, 3.63) is 52.3 Å². The van der Waals surface area contributed by atoms with E-state index in [2.05, 4.69) is 10.6 Å². The lowest BCUT2D eigenvalue weighted by Gasteiger charge is -2.29. The Labute approximate surface area is 152 Å². The van der Waals surface area contributed by atoms with Crippen LogP contribution in [0, 0.1) is 5.41 Å². The number of methoxy groups -OCH3 is 1. The van der Waals surface area contributed by atoms with Gasteiger partial charge in [-0.05, 0) is 50.5 Å². The second-order valence-corrected chi connectivity index (χ2v) is 6.78. The number of fused-ring (bicyclic) bond motifs is 1. The quantitative estimate of drug-likeness (QED) is 0.805. The molecule has 0 spiro atoms. The number of amides is 1. The molecule has 0 saturated carbocycles. The second kappa shape index (κ2) is 6.92. The summed E-state index contributed by atoms with van der Waals surface area (Å²) < 4.78 is 5.09. The molecular formula is C19H21ClN2O3. The zero-order chi connectivity index (χ0) is 18.0. The van der Waals surface area contributed by atoms with Gasteiger partial charge < -0.3 is 15.4 Å². The van der Waals surface area contributed by atoms with Gasteiger partial charge in [-0.1, -0.05) is 24.1 Å². The van der Waals surface area contributed by atoms with E-state index in [0.29, 0.717) is 28.4 Å². The van der Waals surface area contributed by atoms with Crippen LogP contribution >= 0.6 is 11.6 Å². The number of nitrogens with one attached hydrogen (secondary N) is 2. The van der Waals surface area contributed by atoms with Gasteiger partial charge in [-0.3, -0.25) is 9.59 Å². The summed E-state index contributed by atoms with van der Waals surface area (Å²) >= 11 is 5.89. The van der Waals surface area contributed by atoms with Gasteiger partial charge in [0.2, 0.25) is 0 Å². The topological polar surface area (TPSA) is 67.4 Å². The Kier molecular flexibility index (Phi) is 4.86. The van der Waals surface area contributed by atoms with Crippen molar-refractivity contribution in [3.8, 4) is 0 Å². The van der Waals surface area contributed by atoms with Gasteiger partial charge >= 0.3 is 5.97 Å². The van der Waals surface area contributed by atoms with Crippen LogP contribution in [0.25, 0.3) is 0 Å². The smallest absolute Gasteiger partial charge is 0.322 e. The molecule has 1 atom stereocenters. The van der Waals surface area contributed by atoms with Crippen molar-refractivity contribution in [1.29, 1.82) is 0 Å². The molecule has 0 saturated heterocycles. The monoisotopic (exact) mass is 360 g/mol. The first-order valence-corrected chi connectivity index (χ1v) is 8.71. The zero-order valence-electron chi connectivity index (χ0n) is 14.3. The number of carbonyl (C=O) groups is 2. The lowest BCUT2D eigenvalue weighted by atomic mass is 9.75. The Morgan fingerprint density at radius 3 is 2.64 bits per heavy atom. The summed E-state index contributed by atoms with van der Waals surface area (Å²) in [7, 11) is 1.36. The summed E-state index contributed by atoms with van der Waals surface area (Å²) in [5.74, 6) is -0.700. The number of rotatable bonds is 3. The number of benzene rings is 1. The van der Waals surface area contributed by atoms with E-state index in [-0.39, 0.29) is 5.91 Å². The van der Waals surface area contributed by atoms with E-state index < -0.39 is 11.4 Å². The molecule has 1 heterocycles. The molecule has 132 valence electrons. The Bertz CT molecular complexity index is 767. The molecule has 1 unspecified atom stereocenters. The number of allylic oxidation sites excluding steroid dienone is 2. The number of ether oxygens (including phenoxy) is 1. The fraction of sp³-hybridized carbons (Fsp3) is 0.368. The highest BCUT2D eigenvalue weighted by Crippen LogP contribution is 2.48. The number of halogens is 1. The SMILES string of the molecule is COC(=O)C12CCCCC=C1NC(C)=C2C(=O)Nc1ccc(Cl)cc1. The molecule has 6 heteroatoms. The van der Waals surface area contributed by atoms with Crippen molar-refractivity contribution in [3.63, 3.8) is 0 Å². The van der Waals surface area contributed by atoms with Gasteiger partial charge in [-0.2, -0.15) is 0 Å². The summed E-state index contributed by atoms with van der Waals surface area (Å²) in [5, 5.41) is 6.70. The predicted octanol–water partition coefficient (Wildman–Crippen LogP) is 3.77. The molecule has 0 bridgehead atoms. The number of carbonyl (C=O) groups excluding carboxylic acids is 2. The minimum absolute atomic E-state index is 0.303. The van der Waals surface area contributed by atoms with Gasteiger partial charge in [0.15, 0.2) is 0 Å². The number of hydrogen-bond acceptors (Lipinski definition) is 4. The molecule has 25 heavy (non-hydrogen) atoms. The van der Waals surface area contributed by atoms with Gasteiger partial charge in [0, 0.05) is 22.1 Å². The summed E-state index contributed by atoms with van der Waals surface area (Å²) in [5.41, 5.74) is 1.45. The van der Waals surface area contributed by atoms with Crippen molar-refractivity contribution in [2.45, 2.75) is 32.6 Å². The van der Waals surface area contributed by atoms with Gasteiger partial charge in [0.1, 0.15) is 5.41 Å². The van der Waals surface area contributed by atoms with E-state index in [1.54, 1.807) is 24.3 Å². The summed E-state index contributed by atoms with van der Waals surface area (Å²) in [6.45, 7) is 1.82. The molecule has 1 aliphatic heterocycles. The van der Waals surface area contributed by atoms with Gasteiger partial charge in [-0.15, -0.1) is 0 Å². The first-order valence-electron chi connectivity index (χ1n) is 8.33. The van der Waals surface area contributed by atoms with Crippen LogP contribution in [0.4, 0.5) is 5.69 Å². The van der Waals surface area contributed by atoms with Crippen molar-refractivity contribution < 1.29 is 14.3 Å². The predicted molar refractivity (Wildman–Crippen MR) is 96.9 cm³/mol. The third-order valence-corrected chi connectivity index (χ3v) is 5.05. The third kappa shape index (κ3) is 3.04. The van der Waals surface area contributed by atoms with Gasteiger partial charge in [0.25, 0.3) is 5.91 Å². The second-order valence-electron chi connectivity index (χ2n) is 6.35. The average Bonchev–Trinajstić information content (AvgIpc) is 2.74. The molecule has 1 aromatic carbocycles. The van der Waals surface area contributed by atoms with Crippen LogP contribution in [0.1, 0.15) is 32.6 Å².